The van der Waals surface area contributed by atoms with E-state index in [0.29, 0.717) is 36.5 Å². The van der Waals surface area contributed by atoms with Gasteiger partial charge in [0.2, 0.25) is 0 Å². The van der Waals surface area contributed by atoms with Crippen LogP contribution in [0.3, 0.4) is 0 Å². The van der Waals surface area contributed by atoms with Crippen molar-refractivity contribution in [2.24, 2.45) is 5.92 Å². The van der Waals surface area contributed by atoms with Crippen molar-refractivity contribution in [3.8, 4) is 5.75 Å². The Morgan fingerprint density at radius 2 is 1.73 bits per heavy atom. The van der Waals surface area contributed by atoms with Crippen LogP contribution in [0.5, 0.6) is 5.75 Å². The van der Waals surface area contributed by atoms with Gasteiger partial charge in [0.05, 0.1) is 13.2 Å². The number of esters is 1. The molecule has 3 aromatic rings. The van der Waals surface area contributed by atoms with E-state index in [9.17, 15) is 14.0 Å². The monoisotopic (exact) mass is 505 g/mol. The summed E-state index contributed by atoms with van der Waals surface area (Å²) in [5.74, 6) is 0.239. The van der Waals surface area contributed by atoms with Gasteiger partial charge in [-0.3, -0.25) is 9.59 Å². The highest BCUT2D eigenvalue weighted by Gasteiger charge is 2.21. The first-order chi connectivity index (χ1) is 17.7. The molecular weight excluding hydrogens is 469 g/mol. The first kappa shape index (κ1) is 27.9. The zero-order valence-corrected chi connectivity index (χ0v) is 22.3. The van der Waals surface area contributed by atoms with Gasteiger partial charge in [0.15, 0.2) is 0 Å². The van der Waals surface area contributed by atoms with E-state index in [2.05, 4.69) is 19.2 Å². The van der Waals surface area contributed by atoms with Crippen molar-refractivity contribution in [3.05, 3.63) is 99.9 Å². The summed E-state index contributed by atoms with van der Waals surface area (Å²) in [6.45, 7) is 8.17. The van der Waals surface area contributed by atoms with E-state index >= 15 is 0 Å². The number of benzene rings is 3. The Morgan fingerprint density at radius 3 is 2.41 bits per heavy atom. The van der Waals surface area contributed by atoms with E-state index in [-0.39, 0.29) is 30.2 Å². The molecule has 0 aromatic heterocycles. The first-order valence-corrected chi connectivity index (χ1v) is 12.6. The molecule has 0 saturated carbocycles. The van der Waals surface area contributed by atoms with Gasteiger partial charge in [-0.15, -0.1) is 0 Å². The van der Waals surface area contributed by atoms with Crippen LogP contribution in [0.2, 0.25) is 0 Å². The van der Waals surface area contributed by atoms with Gasteiger partial charge in [-0.05, 0) is 78.6 Å². The summed E-state index contributed by atoms with van der Waals surface area (Å²) >= 11 is 0. The van der Waals surface area contributed by atoms with Crippen LogP contribution < -0.4 is 10.1 Å². The standard InChI is InChI=1S/C31H36FNO4/c1-20(2)16-28(25-12-14-27(32)22(4)17-25)33-31(35)26-18-23(10-11-24(26)13-15-30(34)36-5)19-37-29-9-7-6-8-21(29)3/h6-12,14,17-18,20,28H,13,15-16,19H2,1-5H3,(H,33,35). The molecule has 1 unspecified atom stereocenters. The van der Waals surface area contributed by atoms with Crippen LogP contribution >= 0.6 is 0 Å². The number of amides is 1. The molecule has 3 aromatic carbocycles. The van der Waals surface area contributed by atoms with Gasteiger partial charge in [-0.25, -0.2) is 4.39 Å². The van der Waals surface area contributed by atoms with Crippen molar-refractivity contribution in [2.45, 2.75) is 59.6 Å². The molecule has 37 heavy (non-hydrogen) atoms. The molecule has 196 valence electrons. The van der Waals surface area contributed by atoms with Gasteiger partial charge in [0, 0.05) is 12.0 Å². The number of carbonyl (C=O) groups excluding carboxylic acids is 2. The number of methoxy groups -OCH3 is 1. The molecule has 3 rings (SSSR count). The molecule has 0 fully saturated rings. The molecule has 1 atom stereocenters. The normalized spacial score (nSPS) is 11.8. The second-order valence-corrected chi connectivity index (χ2v) is 9.79. The van der Waals surface area contributed by atoms with Crippen LogP contribution in [-0.2, 0) is 22.6 Å². The van der Waals surface area contributed by atoms with Crippen LogP contribution in [-0.4, -0.2) is 19.0 Å². The molecule has 0 saturated heterocycles. The molecule has 0 spiro atoms. The van der Waals surface area contributed by atoms with Gasteiger partial charge >= 0.3 is 5.97 Å². The van der Waals surface area contributed by atoms with E-state index in [1.807, 2.05) is 49.4 Å². The number of carbonyl (C=O) groups is 2. The van der Waals surface area contributed by atoms with Gasteiger partial charge in [-0.1, -0.05) is 56.3 Å². The van der Waals surface area contributed by atoms with Crippen LogP contribution in [0, 0.1) is 25.6 Å². The smallest absolute Gasteiger partial charge is 0.305 e. The maximum absolute atomic E-state index is 13.9. The number of hydrogen-bond donors (Lipinski definition) is 1. The third-order valence-electron chi connectivity index (χ3n) is 6.33. The Morgan fingerprint density at radius 1 is 0.973 bits per heavy atom. The second kappa shape index (κ2) is 13.0. The lowest BCUT2D eigenvalue weighted by Gasteiger charge is -2.23. The lowest BCUT2D eigenvalue weighted by molar-refractivity contribution is -0.140. The van der Waals surface area contributed by atoms with Gasteiger partial charge < -0.3 is 14.8 Å². The number of rotatable bonds is 11. The summed E-state index contributed by atoms with van der Waals surface area (Å²) in [6, 6.07) is 18.0. The highest BCUT2D eigenvalue weighted by molar-refractivity contribution is 5.96. The summed E-state index contributed by atoms with van der Waals surface area (Å²) in [6.07, 6.45) is 1.24. The van der Waals surface area contributed by atoms with E-state index in [1.165, 1.54) is 13.2 Å². The minimum atomic E-state index is -0.335. The predicted octanol–water partition coefficient (Wildman–Crippen LogP) is 6.64. The predicted molar refractivity (Wildman–Crippen MR) is 143 cm³/mol. The van der Waals surface area contributed by atoms with Crippen molar-refractivity contribution in [2.75, 3.05) is 7.11 Å². The summed E-state index contributed by atoms with van der Waals surface area (Å²) in [5.41, 5.74) is 4.50. The van der Waals surface area contributed by atoms with E-state index < -0.39 is 0 Å². The molecule has 5 nitrogen and oxygen atoms in total. The number of aryl methyl sites for hydroxylation is 3. The summed E-state index contributed by atoms with van der Waals surface area (Å²) < 4.78 is 24.7. The SMILES string of the molecule is COC(=O)CCc1ccc(COc2ccccc2C)cc1C(=O)NC(CC(C)C)c1ccc(F)c(C)c1. The summed E-state index contributed by atoms with van der Waals surface area (Å²) in [7, 11) is 1.35. The number of hydrogen-bond acceptors (Lipinski definition) is 4. The van der Waals surface area contributed by atoms with Crippen LogP contribution in [0.1, 0.15) is 70.9 Å². The van der Waals surface area contributed by atoms with Crippen molar-refractivity contribution in [1.82, 2.24) is 5.32 Å². The molecule has 0 aliphatic heterocycles. The van der Waals surface area contributed by atoms with E-state index in [4.69, 9.17) is 9.47 Å². The molecule has 1 amide bonds. The Bertz CT molecular complexity index is 1240. The van der Waals surface area contributed by atoms with Crippen LogP contribution in [0.25, 0.3) is 0 Å². The molecule has 6 heteroatoms. The maximum atomic E-state index is 13.9. The molecule has 0 aliphatic rings. The first-order valence-electron chi connectivity index (χ1n) is 12.6. The third kappa shape index (κ3) is 7.91. The largest absolute Gasteiger partial charge is 0.489 e. The Hall–Kier alpha value is -3.67. The van der Waals surface area contributed by atoms with E-state index in [0.717, 1.165) is 28.0 Å². The lowest BCUT2D eigenvalue weighted by atomic mass is 9.94. The van der Waals surface area contributed by atoms with Crippen LogP contribution in [0.15, 0.2) is 60.7 Å². The molecule has 0 heterocycles. The summed E-state index contributed by atoms with van der Waals surface area (Å²) in [5, 5.41) is 3.16. The molecule has 0 aliphatic carbocycles. The fourth-order valence-corrected chi connectivity index (χ4v) is 4.23. The molecule has 1 N–H and O–H groups in total. The molecule has 0 bridgehead atoms. The maximum Gasteiger partial charge on any atom is 0.305 e. The topological polar surface area (TPSA) is 64.6 Å². The number of nitrogens with one attached hydrogen (secondary N) is 1. The lowest BCUT2D eigenvalue weighted by Crippen LogP contribution is -2.30. The quantitative estimate of drug-likeness (QED) is 0.297. The Balaban J connectivity index is 1.89. The molecule has 0 radical (unpaired) electrons. The van der Waals surface area contributed by atoms with E-state index in [1.54, 1.807) is 19.1 Å². The van der Waals surface area contributed by atoms with Crippen LogP contribution in [0.4, 0.5) is 4.39 Å². The Labute approximate surface area is 219 Å². The Kier molecular flexibility index (Phi) is 9.84. The second-order valence-electron chi connectivity index (χ2n) is 9.79. The minimum Gasteiger partial charge on any atom is -0.489 e. The number of ether oxygens (including phenoxy) is 2. The van der Waals surface area contributed by atoms with Gasteiger partial charge in [0.1, 0.15) is 18.2 Å². The van der Waals surface area contributed by atoms with Crippen molar-refractivity contribution < 1.29 is 23.5 Å². The minimum absolute atomic E-state index is 0.169. The third-order valence-corrected chi connectivity index (χ3v) is 6.33. The van der Waals surface area contributed by atoms with Crippen molar-refractivity contribution >= 4 is 11.9 Å². The van der Waals surface area contributed by atoms with Gasteiger partial charge in [0.25, 0.3) is 5.91 Å². The highest BCUT2D eigenvalue weighted by Crippen LogP contribution is 2.25. The molecular formula is C31H36FNO4. The van der Waals surface area contributed by atoms with Gasteiger partial charge in [-0.2, -0.15) is 0 Å². The summed E-state index contributed by atoms with van der Waals surface area (Å²) in [4.78, 5) is 25.4. The zero-order valence-electron chi connectivity index (χ0n) is 22.3. The average molecular weight is 506 g/mol. The van der Waals surface area contributed by atoms with Crippen molar-refractivity contribution in [3.63, 3.8) is 0 Å². The number of halogens is 1. The fourth-order valence-electron chi connectivity index (χ4n) is 4.23. The zero-order chi connectivity index (χ0) is 26.9. The average Bonchev–Trinajstić information content (AvgIpc) is 2.87. The van der Waals surface area contributed by atoms with Crippen molar-refractivity contribution in [1.29, 1.82) is 0 Å². The highest BCUT2D eigenvalue weighted by atomic mass is 19.1. The fraction of sp³-hybridized carbons (Fsp3) is 0.355. The number of para-hydroxylation sites is 1.